The molecule has 2 atom stereocenters. The van der Waals surface area contributed by atoms with Crippen LogP contribution in [0.5, 0.6) is 5.75 Å². The van der Waals surface area contributed by atoms with Crippen molar-refractivity contribution in [2.75, 3.05) is 19.7 Å². The number of ether oxygens (including phenoxy) is 1. The van der Waals surface area contributed by atoms with Gasteiger partial charge in [-0.3, -0.25) is 14.5 Å². The number of benzene rings is 3. The first-order chi connectivity index (χ1) is 17.3. The van der Waals surface area contributed by atoms with E-state index in [4.69, 9.17) is 16.2 Å². The molecule has 0 heterocycles. The molecule has 0 fully saturated rings. The van der Waals surface area contributed by atoms with Gasteiger partial charge in [0.25, 0.3) is 5.91 Å². The molecule has 0 aliphatic heterocycles. The number of aliphatic hydroxyl groups excluding tert-OH is 1. The van der Waals surface area contributed by atoms with Crippen molar-refractivity contribution < 1.29 is 24.5 Å². The molecular formula is C28H33N3O5. The second-order valence-corrected chi connectivity index (χ2v) is 8.69. The summed E-state index contributed by atoms with van der Waals surface area (Å²) in [6.45, 7) is 1.90. The monoisotopic (exact) mass is 491 g/mol. The largest absolute Gasteiger partial charge is 0.507 e. The lowest BCUT2D eigenvalue weighted by Gasteiger charge is -2.25. The summed E-state index contributed by atoms with van der Waals surface area (Å²) in [6, 6.07) is 22.9. The van der Waals surface area contributed by atoms with Gasteiger partial charge in [0, 0.05) is 19.6 Å². The van der Waals surface area contributed by atoms with Gasteiger partial charge in [-0.25, -0.2) is 0 Å². The molecule has 0 aliphatic rings. The zero-order valence-electron chi connectivity index (χ0n) is 20.1. The molecule has 3 rings (SSSR count). The molecule has 6 N–H and O–H groups in total. The van der Waals surface area contributed by atoms with E-state index in [0.717, 1.165) is 11.1 Å². The smallest absolute Gasteiger partial charge is 0.323 e. The minimum absolute atomic E-state index is 0.00679. The number of hydrogen-bond acceptors (Lipinski definition) is 7. The number of carbonyl (C=O) groups is 2. The van der Waals surface area contributed by atoms with Crippen LogP contribution in [0.2, 0.25) is 0 Å². The number of primary amides is 1. The third kappa shape index (κ3) is 8.20. The van der Waals surface area contributed by atoms with Crippen LogP contribution >= 0.6 is 0 Å². The molecule has 0 aromatic heterocycles. The van der Waals surface area contributed by atoms with Gasteiger partial charge < -0.3 is 26.4 Å². The van der Waals surface area contributed by atoms with Gasteiger partial charge in [0.1, 0.15) is 11.8 Å². The van der Waals surface area contributed by atoms with Gasteiger partial charge >= 0.3 is 5.97 Å². The Morgan fingerprint density at radius 1 is 0.944 bits per heavy atom. The molecule has 0 spiro atoms. The first-order valence-corrected chi connectivity index (χ1v) is 11.9. The SMILES string of the molecule is NC(=O)c1ccc(C[C@H](N)C(=O)OCCCN(Cc2ccccc2)CC(O)c2ccccc2)cc1O. The standard InChI is InChI=1S/C28H33N3O5/c29-24(16-21-12-13-23(27(30)34)25(32)17-21)28(35)36-15-7-14-31(18-20-8-3-1-4-9-20)19-26(33)22-10-5-2-6-11-22/h1-6,8-13,17,24,26,32-33H,7,14-16,18-19,29H2,(H2,30,34)/t24-,26?/m0/s1. The molecule has 36 heavy (non-hydrogen) atoms. The van der Waals surface area contributed by atoms with Crippen LogP contribution in [0.1, 0.15) is 39.6 Å². The molecule has 1 unspecified atom stereocenters. The lowest BCUT2D eigenvalue weighted by molar-refractivity contribution is -0.145. The highest BCUT2D eigenvalue weighted by Crippen LogP contribution is 2.19. The summed E-state index contributed by atoms with van der Waals surface area (Å²) < 4.78 is 5.37. The van der Waals surface area contributed by atoms with Crippen LogP contribution in [0.25, 0.3) is 0 Å². The minimum atomic E-state index is -0.913. The fourth-order valence-electron chi connectivity index (χ4n) is 3.92. The van der Waals surface area contributed by atoms with Crippen LogP contribution in [0.15, 0.2) is 78.9 Å². The highest BCUT2D eigenvalue weighted by atomic mass is 16.5. The number of phenols is 1. The number of amides is 1. The van der Waals surface area contributed by atoms with E-state index in [-0.39, 0.29) is 24.3 Å². The van der Waals surface area contributed by atoms with E-state index in [2.05, 4.69) is 4.90 Å². The van der Waals surface area contributed by atoms with E-state index in [1.165, 1.54) is 12.1 Å². The molecular weight excluding hydrogens is 458 g/mol. The Hall–Kier alpha value is -3.72. The Morgan fingerprint density at radius 2 is 1.61 bits per heavy atom. The Labute approximate surface area is 211 Å². The van der Waals surface area contributed by atoms with Crippen molar-refractivity contribution in [3.8, 4) is 5.75 Å². The lowest BCUT2D eigenvalue weighted by Crippen LogP contribution is -2.35. The minimum Gasteiger partial charge on any atom is -0.507 e. The average Bonchev–Trinajstić information content (AvgIpc) is 2.87. The molecule has 3 aromatic carbocycles. The Kier molecular flexibility index (Phi) is 10.00. The van der Waals surface area contributed by atoms with Crippen molar-refractivity contribution >= 4 is 11.9 Å². The Morgan fingerprint density at radius 3 is 2.25 bits per heavy atom. The number of rotatable bonds is 13. The van der Waals surface area contributed by atoms with Crippen LogP contribution in [0.4, 0.5) is 0 Å². The van der Waals surface area contributed by atoms with Crippen LogP contribution < -0.4 is 11.5 Å². The highest BCUT2D eigenvalue weighted by molar-refractivity contribution is 5.95. The molecule has 190 valence electrons. The van der Waals surface area contributed by atoms with Crippen molar-refractivity contribution in [3.05, 3.63) is 101 Å². The lowest BCUT2D eigenvalue weighted by atomic mass is 10.0. The van der Waals surface area contributed by atoms with Crippen LogP contribution in [-0.4, -0.2) is 52.7 Å². The molecule has 3 aromatic rings. The number of carbonyl (C=O) groups excluding carboxylic acids is 2. The molecule has 0 radical (unpaired) electrons. The van der Waals surface area contributed by atoms with Gasteiger partial charge in [0.2, 0.25) is 0 Å². The summed E-state index contributed by atoms with van der Waals surface area (Å²) >= 11 is 0. The summed E-state index contributed by atoms with van der Waals surface area (Å²) in [4.78, 5) is 25.7. The average molecular weight is 492 g/mol. The fraction of sp³-hybridized carbons (Fsp3) is 0.286. The van der Waals surface area contributed by atoms with Gasteiger partial charge in [-0.15, -0.1) is 0 Å². The number of nitrogens with two attached hydrogens (primary N) is 2. The summed E-state index contributed by atoms with van der Waals surface area (Å²) in [6.07, 6.45) is 0.0821. The van der Waals surface area contributed by atoms with Crippen molar-refractivity contribution in [2.24, 2.45) is 11.5 Å². The van der Waals surface area contributed by atoms with Gasteiger partial charge in [0.05, 0.1) is 18.3 Å². The topological polar surface area (TPSA) is 139 Å². The van der Waals surface area contributed by atoms with Gasteiger partial charge in [-0.1, -0.05) is 66.7 Å². The maximum atomic E-state index is 12.4. The summed E-state index contributed by atoms with van der Waals surface area (Å²) in [5.74, 6) is -1.54. The van der Waals surface area contributed by atoms with Crippen molar-refractivity contribution in [3.63, 3.8) is 0 Å². The van der Waals surface area contributed by atoms with Crippen LogP contribution in [0, 0.1) is 0 Å². The number of aromatic hydroxyl groups is 1. The second kappa shape index (κ2) is 13.4. The molecule has 8 nitrogen and oxygen atoms in total. The van der Waals surface area contributed by atoms with E-state index in [9.17, 15) is 19.8 Å². The molecule has 0 bridgehead atoms. The predicted molar refractivity (Wildman–Crippen MR) is 137 cm³/mol. The van der Waals surface area contributed by atoms with E-state index in [0.29, 0.717) is 31.6 Å². The second-order valence-electron chi connectivity index (χ2n) is 8.69. The quantitative estimate of drug-likeness (QED) is 0.213. The van der Waals surface area contributed by atoms with E-state index < -0.39 is 24.0 Å². The first-order valence-electron chi connectivity index (χ1n) is 11.9. The maximum Gasteiger partial charge on any atom is 0.323 e. The first kappa shape index (κ1) is 26.9. The molecule has 0 saturated carbocycles. The fourth-order valence-corrected chi connectivity index (χ4v) is 3.92. The maximum absolute atomic E-state index is 12.4. The Balaban J connectivity index is 1.50. The van der Waals surface area contributed by atoms with Gasteiger partial charge in [0.15, 0.2) is 0 Å². The van der Waals surface area contributed by atoms with Crippen molar-refractivity contribution in [1.29, 1.82) is 0 Å². The number of esters is 1. The normalized spacial score (nSPS) is 12.8. The van der Waals surface area contributed by atoms with E-state index in [1.54, 1.807) is 6.07 Å². The van der Waals surface area contributed by atoms with Crippen molar-refractivity contribution in [1.82, 2.24) is 4.90 Å². The zero-order chi connectivity index (χ0) is 25.9. The highest BCUT2D eigenvalue weighted by Gasteiger charge is 2.18. The van der Waals surface area contributed by atoms with Gasteiger partial charge in [-0.2, -0.15) is 0 Å². The summed E-state index contributed by atoms with van der Waals surface area (Å²) in [5.41, 5.74) is 13.7. The summed E-state index contributed by atoms with van der Waals surface area (Å²) in [7, 11) is 0. The molecule has 1 amide bonds. The third-order valence-corrected chi connectivity index (χ3v) is 5.81. The zero-order valence-corrected chi connectivity index (χ0v) is 20.1. The number of nitrogens with zero attached hydrogens (tertiary/aromatic N) is 1. The Bertz CT molecular complexity index is 1120. The van der Waals surface area contributed by atoms with E-state index >= 15 is 0 Å². The third-order valence-electron chi connectivity index (χ3n) is 5.81. The molecule has 0 aliphatic carbocycles. The predicted octanol–water partition coefficient (Wildman–Crippen LogP) is 2.53. The van der Waals surface area contributed by atoms with Crippen LogP contribution in [0.3, 0.4) is 0 Å². The summed E-state index contributed by atoms with van der Waals surface area (Å²) in [5, 5.41) is 20.6. The molecule has 0 saturated heterocycles. The van der Waals surface area contributed by atoms with Gasteiger partial charge in [-0.05, 0) is 41.7 Å². The van der Waals surface area contributed by atoms with Crippen molar-refractivity contribution in [2.45, 2.75) is 31.5 Å². The number of aliphatic hydroxyl groups is 1. The number of hydrogen-bond donors (Lipinski definition) is 4. The van der Waals surface area contributed by atoms with E-state index in [1.807, 2.05) is 60.7 Å². The molecule has 8 heteroatoms. The van der Waals surface area contributed by atoms with Crippen LogP contribution in [-0.2, 0) is 22.5 Å².